The van der Waals surface area contributed by atoms with Crippen molar-refractivity contribution in [2.45, 2.75) is 13.0 Å². The molecule has 0 aliphatic rings. The average Bonchev–Trinajstić information content (AvgIpc) is 3.05. The topological polar surface area (TPSA) is 94.7 Å². The molecular formula is C19H16N4O2. The van der Waals surface area contributed by atoms with Crippen LogP contribution in [0.3, 0.4) is 0 Å². The number of fused-ring (bicyclic) bond motifs is 1. The summed E-state index contributed by atoms with van der Waals surface area (Å²) in [4.78, 5) is 19.5. The second kappa shape index (κ2) is 5.99. The van der Waals surface area contributed by atoms with Crippen LogP contribution >= 0.6 is 0 Å². The standard InChI is InChI=1S/C19H16N4O2/c1-11(24)13-2-3-14-9-18(21-16(14)8-13)15-10-17(22-23-19(15)25)12-4-6-20-7-5-12/h2-11,21,24H,1H3,(H,23,25). The molecule has 0 saturated heterocycles. The summed E-state index contributed by atoms with van der Waals surface area (Å²) in [5.74, 6) is 0. The molecule has 0 aliphatic carbocycles. The van der Waals surface area contributed by atoms with E-state index in [0.29, 0.717) is 17.0 Å². The zero-order chi connectivity index (χ0) is 17.4. The molecule has 0 fully saturated rings. The van der Waals surface area contributed by atoms with Gasteiger partial charge in [-0.05, 0) is 42.8 Å². The maximum atomic E-state index is 12.3. The SMILES string of the molecule is CC(O)c1ccc2cc(-c3cc(-c4ccncc4)n[nH]c3=O)[nH]c2c1. The Morgan fingerprint density at radius 2 is 1.88 bits per heavy atom. The number of aromatic nitrogens is 4. The minimum Gasteiger partial charge on any atom is -0.389 e. The fraction of sp³-hybridized carbons (Fsp3) is 0.105. The fourth-order valence-electron chi connectivity index (χ4n) is 2.83. The van der Waals surface area contributed by atoms with Crippen molar-refractivity contribution in [2.75, 3.05) is 0 Å². The van der Waals surface area contributed by atoms with Crippen LogP contribution in [-0.4, -0.2) is 25.3 Å². The van der Waals surface area contributed by atoms with Gasteiger partial charge in [-0.2, -0.15) is 5.10 Å². The number of rotatable bonds is 3. The average molecular weight is 332 g/mol. The Balaban J connectivity index is 1.84. The summed E-state index contributed by atoms with van der Waals surface area (Å²) in [5, 5.41) is 17.4. The van der Waals surface area contributed by atoms with Crippen molar-refractivity contribution in [2.24, 2.45) is 0 Å². The lowest BCUT2D eigenvalue weighted by Gasteiger charge is -2.03. The normalized spacial score (nSPS) is 12.4. The van der Waals surface area contributed by atoms with E-state index in [-0.39, 0.29) is 5.56 Å². The van der Waals surface area contributed by atoms with E-state index in [0.717, 1.165) is 22.0 Å². The van der Waals surface area contributed by atoms with Gasteiger partial charge in [0, 0.05) is 28.9 Å². The monoisotopic (exact) mass is 332 g/mol. The van der Waals surface area contributed by atoms with Crippen LogP contribution in [0.25, 0.3) is 33.4 Å². The number of benzene rings is 1. The summed E-state index contributed by atoms with van der Waals surface area (Å²) in [6, 6.07) is 13.1. The van der Waals surface area contributed by atoms with Gasteiger partial charge in [0.1, 0.15) is 0 Å². The lowest BCUT2D eigenvalue weighted by molar-refractivity contribution is 0.199. The molecule has 1 unspecified atom stereocenters. The van der Waals surface area contributed by atoms with Crippen LogP contribution in [0.4, 0.5) is 0 Å². The molecule has 4 aromatic rings. The summed E-state index contributed by atoms with van der Waals surface area (Å²) in [6.45, 7) is 1.72. The molecule has 0 amide bonds. The van der Waals surface area contributed by atoms with Crippen molar-refractivity contribution < 1.29 is 5.11 Å². The van der Waals surface area contributed by atoms with Gasteiger partial charge in [0.15, 0.2) is 0 Å². The number of nitrogens with one attached hydrogen (secondary N) is 2. The molecular weight excluding hydrogens is 316 g/mol. The predicted octanol–water partition coefficient (Wildman–Crippen LogP) is 3.03. The summed E-state index contributed by atoms with van der Waals surface area (Å²) in [5.41, 5.74) is 4.19. The molecule has 6 nitrogen and oxygen atoms in total. The zero-order valence-electron chi connectivity index (χ0n) is 13.5. The Bertz CT molecular complexity index is 1100. The molecule has 0 bridgehead atoms. The molecule has 0 aliphatic heterocycles. The van der Waals surface area contributed by atoms with Gasteiger partial charge in [-0.25, -0.2) is 5.10 Å². The third-order valence-corrected chi connectivity index (χ3v) is 4.20. The highest BCUT2D eigenvalue weighted by atomic mass is 16.3. The second-order valence-corrected chi connectivity index (χ2v) is 5.94. The van der Waals surface area contributed by atoms with Crippen LogP contribution in [-0.2, 0) is 0 Å². The van der Waals surface area contributed by atoms with E-state index in [1.807, 2.05) is 36.4 Å². The molecule has 1 atom stereocenters. The molecule has 4 rings (SSSR count). The van der Waals surface area contributed by atoms with E-state index >= 15 is 0 Å². The molecule has 0 saturated carbocycles. The summed E-state index contributed by atoms with van der Waals surface area (Å²) in [6.07, 6.45) is 2.82. The van der Waals surface area contributed by atoms with Gasteiger partial charge >= 0.3 is 0 Å². The van der Waals surface area contributed by atoms with E-state index < -0.39 is 6.10 Å². The molecule has 25 heavy (non-hydrogen) atoms. The van der Waals surface area contributed by atoms with Crippen LogP contribution in [0.1, 0.15) is 18.6 Å². The molecule has 0 spiro atoms. The first-order chi connectivity index (χ1) is 12.1. The minimum absolute atomic E-state index is 0.264. The molecule has 0 radical (unpaired) electrons. The number of aliphatic hydroxyl groups is 1. The minimum atomic E-state index is -0.543. The number of pyridine rings is 1. The van der Waals surface area contributed by atoms with Crippen LogP contribution < -0.4 is 5.56 Å². The smallest absolute Gasteiger partial charge is 0.273 e. The van der Waals surface area contributed by atoms with Crippen molar-refractivity contribution >= 4 is 10.9 Å². The Morgan fingerprint density at radius 1 is 1.08 bits per heavy atom. The van der Waals surface area contributed by atoms with E-state index in [4.69, 9.17) is 0 Å². The Labute approximate surface area is 143 Å². The second-order valence-electron chi connectivity index (χ2n) is 5.94. The third kappa shape index (κ3) is 2.83. The van der Waals surface area contributed by atoms with E-state index in [2.05, 4.69) is 20.2 Å². The summed E-state index contributed by atoms with van der Waals surface area (Å²) >= 11 is 0. The van der Waals surface area contributed by atoms with E-state index in [1.54, 1.807) is 25.4 Å². The molecule has 1 aromatic carbocycles. The fourth-order valence-corrected chi connectivity index (χ4v) is 2.83. The van der Waals surface area contributed by atoms with Crippen LogP contribution in [0.15, 0.2) is 59.7 Å². The van der Waals surface area contributed by atoms with Crippen molar-refractivity contribution in [3.05, 3.63) is 70.8 Å². The van der Waals surface area contributed by atoms with Crippen LogP contribution in [0, 0.1) is 0 Å². The largest absolute Gasteiger partial charge is 0.389 e. The Morgan fingerprint density at radius 3 is 2.64 bits per heavy atom. The maximum absolute atomic E-state index is 12.3. The van der Waals surface area contributed by atoms with Gasteiger partial charge < -0.3 is 10.1 Å². The lowest BCUT2D eigenvalue weighted by Crippen LogP contribution is -2.11. The first-order valence-electron chi connectivity index (χ1n) is 7.93. The van der Waals surface area contributed by atoms with Crippen LogP contribution in [0.2, 0.25) is 0 Å². The molecule has 3 aromatic heterocycles. The summed E-state index contributed by atoms with van der Waals surface area (Å²) < 4.78 is 0. The van der Waals surface area contributed by atoms with Gasteiger partial charge in [0.05, 0.1) is 23.1 Å². The lowest BCUT2D eigenvalue weighted by atomic mass is 10.1. The van der Waals surface area contributed by atoms with Gasteiger partial charge in [-0.3, -0.25) is 9.78 Å². The molecule has 124 valence electrons. The molecule has 3 N–H and O–H groups in total. The first-order valence-corrected chi connectivity index (χ1v) is 7.93. The van der Waals surface area contributed by atoms with E-state index in [1.165, 1.54) is 0 Å². The highest BCUT2D eigenvalue weighted by Crippen LogP contribution is 2.26. The third-order valence-electron chi connectivity index (χ3n) is 4.20. The van der Waals surface area contributed by atoms with Crippen molar-refractivity contribution in [1.82, 2.24) is 20.2 Å². The summed E-state index contributed by atoms with van der Waals surface area (Å²) in [7, 11) is 0. The Kier molecular flexibility index (Phi) is 3.66. The van der Waals surface area contributed by atoms with E-state index in [9.17, 15) is 9.90 Å². The van der Waals surface area contributed by atoms with Gasteiger partial charge in [-0.1, -0.05) is 12.1 Å². The number of hydrogen-bond donors (Lipinski definition) is 3. The maximum Gasteiger partial charge on any atom is 0.273 e. The van der Waals surface area contributed by atoms with Crippen molar-refractivity contribution in [1.29, 1.82) is 0 Å². The Hall–Kier alpha value is -3.25. The number of hydrogen-bond acceptors (Lipinski definition) is 4. The first kappa shape index (κ1) is 15.3. The highest BCUT2D eigenvalue weighted by Gasteiger charge is 2.11. The van der Waals surface area contributed by atoms with Gasteiger partial charge in [-0.15, -0.1) is 0 Å². The highest BCUT2D eigenvalue weighted by molar-refractivity contribution is 5.86. The van der Waals surface area contributed by atoms with Crippen molar-refractivity contribution in [3.63, 3.8) is 0 Å². The zero-order valence-corrected chi connectivity index (χ0v) is 13.5. The number of aliphatic hydroxyl groups excluding tert-OH is 1. The predicted molar refractivity (Wildman–Crippen MR) is 96.0 cm³/mol. The number of H-pyrrole nitrogens is 2. The van der Waals surface area contributed by atoms with Gasteiger partial charge in [0.2, 0.25) is 0 Å². The number of aromatic amines is 2. The molecule has 6 heteroatoms. The van der Waals surface area contributed by atoms with Crippen molar-refractivity contribution in [3.8, 4) is 22.5 Å². The molecule has 3 heterocycles. The quantitative estimate of drug-likeness (QED) is 0.537. The number of nitrogens with zero attached hydrogens (tertiary/aromatic N) is 2. The van der Waals surface area contributed by atoms with Gasteiger partial charge in [0.25, 0.3) is 5.56 Å². The van der Waals surface area contributed by atoms with Crippen LogP contribution in [0.5, 0.6) is 0 Å².